The third-order valence-corrected chi connectivity index (χ3v) is 7.19. The average Bonchev–Trinajstić information content (AvgIpc) is 2.98. The Morgan fingerprint density at radius 2 is 0.721 bits per heavy atom. The van der Waals surface area contributed by atoms with Crippen LogP contribution >= 0.6 is 0 Å². The third-order valence-electron chi connectivity index (χ3n) is 7.19. The van der Waals surface area contributed by atoms with Gasteiger partial charge in [-0.15, -0.1) is 0 Å². The Morgan fingerprint density at radius 3 is 0.953 bits per heavy atom. The largest absolute Gasteiger partial charge is 3.00 e. The van der Waals surface area contributed by atoms with Crippen molar-refractivity contribution in [3.8, 4) is 17.2 Å². The van der Waals surface area contributed by atoms with Crippen molar-refractivity contribution in [2.75, 3.05) is 0 Å². The van der Waals surface area contributed by atoms with Crippen molar-refractivity contribution < 1.29 is 15.3 Å². The summed E-state index contributed by atoms with van der Waals surface area (Å²) in [7, 11) is 0. The van der Waals surface area contributed by atoms with Crippen LogP contribution < -0.4 is 15.3 Å². The van der Waals surface area contributed by atoms with Crippen LogP contribution in [0.15, 0.2) is 72.8 Å². The Morgan fingerprint density at radius 1 is 0.465 bits per heavy atom. The van der Waals surface area contributed by atoms with Crippen molar-refractivity contribution in [1.29, 1.82) is 0 Å². The number of fused-ring (bicyclic) bond motifs is 3. The molecule has 0 atom stereocenters. The van der Waals surface area contributed by atoms with E-state index in [4.69, 9.17) is 0 Å². The van der Waals surface area contributed by atoms with Crippen LogP contribution in [0.3, 0.4) is 0 Å². The summed E-state index contributed by atoms with van der Waals surface area (Å²) < 4.78 is 0. The van der Waals surface area contributed by atoms with Gasteiger partial charge in [-0.3, -0.25) is 15.0 Å². The standard InChI is InChI=1S/3C12H13NO.Al/c3*1-3-9-7-8(2)13-12-10(9)5-4-6-11(12)14;/h3*4-7,14H,3H2,1-2H3;/q;;;+3/p-3. The molecule has 6 nitrogen and oxygen atoms in total. The minimum Gasteiger partial charge on any atom is -0.871 e. The van der Waals surface area contributed by atoms with E-state index in [0.29, 0.717) is 16.6 Å². The van der Waals surface area contributed by atoms with Crippen LogP contribution in [0.25, 0.3) is 32.7 Å². The van der Waals surface area contributed by atoms with Gasteiger partial charge in [-0.2, -0.15) is 0 Å². The fraction of sp³-hybridized carbons (Fsp3) is 0.250. The SMILES string of the molecule is CCc1cc(C)nc2c([O-])cccc12.CCc1cc(C)nc2c([O-])cccc12.CCc1cc(C)nc2c([O-])cccc12.[Al+3]. The molecule has 0 N–H and O–H groups in total. The second kappa shape index (κ2) is 14.8. The maximum absolute atomic E-state index is 11.5. The summed E-state index contributed by atoms with van der Waals surface area (Å²) in [5, 5.41) is 37.6. The maximum atomic E-state index is 11.5. The van der Waals surface area contributed by atoms with E-state index in [9.17, 15) is 15.3 Å². The Kier molecular flexibility index (Phi) is 11.5. The second-order valence-electron chi connectivity index (χ2n) is 10.3. The van der Waals surface area contributed by atoms with Gasteiger partial charge in [-0.25, -0.2) is 0 Å². The summed E-state index contributed by atoms with van der Waals surface area (Å²) in [4.78, 5) is 12.8. The Balaban J connectivity index is 0.000000175. The molecule has 3 aromatic heterocycles. The third kappa shape index (κ3) is 7.62. The Bertz CT molecular complexity index is 1650. The van der Waals surface area contributed by atoms with Crippen molar-refractivity contribution in [3.63, 3.8) is 0 Å². The molecule has 0 fully saturated rings. The Labute approximate surface area is 264 Å². The average molecular weight is 586 g/mol. The molecule has 0 saturated heterocycles. The summed E-state index contributed by atoms with van der Waals surface area (Å²) in [6.07, 6.45) is 2.80. The number of rotatable bonds is 3. The smallest absolute Gasteiger partial charge is 0.871 e. The maximum Gasteiger partial charge on any atom is 3.00 e. The van der Waals surface area contributed by atoms with E-state index in [1.807, 2.05) is 57.2 Å². The normalized spacial score (nSPS) is 10.5. The number of hydrogen-bond acceptors (Lipinski definition) is 6. The molecule has 0 aliphatic carbocycles. The molecule has 7 heteroatoms. The minimum atomic E-state index is 0. The zero-order chi connectivity index (χ0) is 30.4. The first-order valence-electron chi connectivity index (χ1n) is 14.4. The van der Waals surface area contributed by atoms with Gasteiger partial charge in [-0.1, -0.05) is 92.6 Å². The van der Waals surface area contributed by atoms with Crippen LogP contribution in [0.2, 0.25) is 0 Å². The topological polar surface area (TPSA) is 108 Å². The van der Waals surface area contributed by atoms with Gasteiger partial charge in [0.25, 0.3) is 0 Å². The molecular formula is C36H36AlN3O3. The van der Waals surface area contributed by atoms with Gasteiger partial charge in [0.2, 0.25) is 0 Å². The quantitative estimate of drug-likeness (QED) is 0.230. The molecule has 6 aromatic rings. The summed E-state index contributed by atoms with van der Waals surface area (Å²) in [6.45, 7) is 12.0. The number of benzene rings is 3. The van der Waals surface area contributed by atoms with Gasteiger partial charge < -0.3 is 15.3 Å². The van der Waals surface area contributed by atoms with E-state index in [1.54, 1.807) is 36.4 Å². The molecule has 0 saturated carbocycles. The van der Waals surface area contributed by atoms with E-state index >= 15 is 0 Å². The van der Waals surface area contributed by atoms with E-state index in [-0.39, 0.29) is 34.6 Å². The number of aromatic nitrogens is 3. The minimum absolute atomic E-state index is 0. The van der Waals surface area contributed by atoms with Crippen LogP contribution in [-0.4, -0.2) is 32.3 Å². The van der Waals surface area contributed by atoms with Crippen LogP contribution in [0, 0.1) is 20.8 Å². The second-order valence-corrected chi connectivity index (χ2v) is 10.3. The van der Waals surface area contributed by atoms with Gasteiger partial charge in [0.15, 0.2) is 0 Å². The number of pyridine rings is 3. The summed E-state index contributed by atoms with van der Waals surface area (Å²) in [6, 6.07) is 22.1. The van der Waals surface area contributed by atoms with Gasteiger partial charge in [0.05, 0.1) is 16.6 Å². The molecular weight excluding hydrogens is 549 g/mol. The summed E-state index contributed by atoms with van der Waals surface area (Å²) in [5.41, 5.74) is 8.15. The fourth-order valence-corrected chi connectivity index (χ4v) is 5.18. The van der Waals surface area contributed by atoms with Gasteiger partial charge >= 0.3 is 17.4 Å². The molecule has 6 rings (SSSR count). The van der Waals surface area contributed by atoms with Gasteiger partial charge in [-0.05, 0) is 74.9 Å². The molecule has 0 bridgehead atoms. The fourth-order valence-electron chi connectivity index (χ4n) is 5.18. The number of para-hydroxylation sites is 3. The first kappa shape index (κ1) is 33.3. The van der Waals surface area contributed by atoms with Crippen molar-refractivity contribution in [3.05, 3.63) is 107 Å². The van der Waals surface area contributed by atoms with Crippen LogP contribution in [0.4, 0.5) is 0 Å². The first-order valence-corrected chi connectivity index (χ1v) is 14.4. The molecule has 0 unspecified atom stereocenters. The van der Waals surface area contributed by atoms with Crippen LogP contribution in [0.5, 0.6) is 17.2 Å². The van der Waals surface area contributed by atoms with Crippen molar-refractivity contribution in [2.45, 2.75) is 60.8 Å². The zero-order valence-electron chi connectivity index (χ0n) is 25.7. The first-order chi connectivity index (χ1) is 20.2. The monoisotopic (exact) mass is 585 g/mol. The van der Waals surface area contributed by atoms with E-state index in [0.717, 1.165) is 52.5 Å². The zero-order valence-corrected chi connectivity index (χ0v) is 26.8. The Hall–Kier alpha value is -4.18. The van der Waals surface area contributed by atoms with Gasteiger partial charge in [0.1, 0.15) is 0 Å². The number of nitrogens with zero attached hydrogens (tertiary/aromatic N) is 3. The molecule has 3 aromatic carbocycles. The molecule has 0 spiro atoms. The molecule has 0 aliphatic heterocycles. The van der Waals surface area contributed by atoms with Crippen molar-refractivity contribution in [2.24, 2.45) is 0 Å². The van der Waals surface area contributed by atoms with Crippen molar-refractivity contribution >= 4 is 50.1 Å². The molecule has 0 radical (unpaired) electrons. The molecule has 43 heavy (non-hydrogen) atoms. The predicted octanol–water partition coefficient (Wildman–Crippen LogP) is 6.16. The molecule has 0 aliphatic rings. The molecule has 216 valence electrons. The summed E-state index contributed by atoms with van der Waals surface area (Å²) in [5.74, 6) is 0.0442. The molecule has 0 amide bonds. The van der Waals surface area contributed by atoms with Crippen LogP contribution in [-0.2, 0) is 19.3 Å². The van der Waals surface area contributed by atoms with E-state index in [2.05, 4.69) is 35.7 Å². The van der Waals surface area contributed by atoms with E-state index in [1.165, 1.54) is 16.7 Å². The van der Waals surface area contributed by atoms with E-state index < -0.39 is 0 Å². The van der Waals surface area contributed by atoms with Crippen LogP contribution in [0.1, 0.15) is 54.5 Å². The number of aryl methyl sites for hydroxylation is 6. The van der Waals surface area contributed by atoms with Crippen molar-refractivity contribution in [1.82, 2.24) is 15.0 Å². The number of hydrogen-bond donors (Lipinski definition) is 0. The summed E-state index contributed by atoms with van der Waals surface area (Å²) >= 11 is 0. The predicted molar refractivity (Wildman–Crippen MR) is 172 cm³/mol. The van der Waals surface area contributed by atoms with Gasteiger partial charge in [0, 0.05) is 33.2 Å². The molecule has 3 heterocycles.